The first-order valence-electron chi connectivity index (χ1n) is 6.23. The van der Waals surface area contributed by atoms with Crippen LogP contribution in [-0.2, 0) is 9.53 Å². The van der Waals surface area contributed by atoms with E-state index in [2.05, 4.69) is 5.32 Å². The van der Waals surface area contributed by atoms with Crippen LogP contribution >= 0.6 is 11.3 Å². The lowest BCUT2D eigenvalue weighted by Crippen LogP contribution is -2.35. The minimum atomic E-state index is -0.492. The molecule has 1 aromatic heterocycles. The molecule has 0 aliphatic rings. The molecule has 0 saturated carbocycles. The van der Waals surface area contributed by atoms with E-state index in [1.807, 2.05) is 29.6 Å². The topological polar surface area (TPSA) is 64.3 Å². The molecule has 0 aliphatic carbocycles. The summed E-state index contributed by atoms with van der Waals surface area (Å²) in [6.07, 6.45) is 1.41. The van der Waals surface area contributed by atoms with Gasteiger partial charge in [-0.1, -0.05) is 0 Å². The molecule has 0 spiro atoms. The summed E-state index contributed by atoms with van der Waals surface area (Å²) in [7, 11) is 1.64. The molecule has 1 heterocycles. The van der Waals surface area contributed by atoms with Gasteiger partial charge in [-0.15, -0.1) is 11.3 Å². The Morgan fingerprint density at radius 2 is 2.32 bits per heavy atom. The van der Waals surface area contributed by atoms with Gasteiger partial charge in [0.25, 0.3) is 0 Å². The predicted molar refractivity (Wildman–Crippen MR) is 79.5 cm³/mol. The molecule has 2 rings (SSSR count). The number of fused-ring (bicyclic) bond motifs is 1. The molecule has 0 fully saturated rings. The van der Waals surface area contributed by atoms with Crippen molar-refractivity contribution in [3.05, 3.63) is 29.6 Å². The molecule has 102 valence electrons. The van der Waals surface area contributed by atoms with Crippen LogP contribution in [-0.4, -0.2) is 25.7 Å². The number of hydrogen-bond donors (Lipinski definition) is 2. The second kappa shape index (κ2) is 6.65. The number of benzene rings is 1. The summed E-state index contributed by atoms with van der Waals surface area (Å²) in [6.45, 7) is 0.627. The quantitative estimate of drug-likeness (QED) is 0.798. The monoisotopic (exact) mass is 278 g/mol. The maximum Gasteiger partial charge on any atom is 0.241 e. The van der Waals surface area contributed by atoms with E-state index in [4.69, 9.17) is 10.5 Å². The van der Waals surface area contributed by atoms with E-state index >= 15 is 0 Å². The van der Waals surface area contributed by atoms with Crippen molar-refractivity contribution in [1.82, 2.24) is 0 Å². The highest BCUT2D eigenvalue weighted by atomic mass is 32.1. The third-order valence-corrected chi connectivity index (χ3v) is 3.82. The maximum atomic E-state index is 11.9. The number of nitrogens with one attached hydrogen (secondary N) is 1. The first-order valence-corrected chi connectivity index (χ1v) is 7.11. The fourth-order valence-electron chi connectivity index (χ4n) is 1.86. The number of hydrogen-bond acceptors (Lipinski definition) is 4. The molecule has 1 amide bonds. The van der Waals surface area contributed by atoms with Gasteiger partial charge in [-0.05, 0) is 47.9 Å². The van der Waals surface area contributed by atoms with Crippen LogP contribution in [0, 0.1) is 0 Å². The van der Waals surface area contributed by atoms with Crippen LogP contribution in [0.5, 0.6) is 0 Å². The summed E-state index contributed by atoms with van der Waals surface area (Å²) in [5.74, 6) is -0.148. The van der Waals surface area contributed by atoms with Crippen LogP contribution in [0.4, 0.5) is 5.69 Å². The average molecular weight is 278 g/mol. The molecule has 1 aromatic carbocycles. The molecule has 0 radical (unpaired) electrons. The zero-order chi connectivity index (χ0) is 13.7. The normalized spacial score (nSPS) is 12.5. The third kappa shape index (κ3) is 3.76. The lowest BCUT2D eigenvalue weighted by molar-refractivity contribution is -0.117. The molecule has 19 heavy (non-hydrogen) atoms. The molecule has 4 nitrogen and oxygen atoms in total. The third-order valence-electron chi connectivity index (χ3n) is 2.92. The van der Waals surface area contributed by atoms with Crippen LogP contribution in [0.15, 0.2) is 29.6 Å². The predicted octanol–water partition coefficient (Wildman–Crippen LogP) is 2.59. The highest BCUT2D eigenvalue weighted by molar-refractivity contribution is 7.17. The van der Waals surface area contributed by atoms with Gasteiger partial charge in [0.05, 0.1) is 6.04 Å². The Hall–Kier alpha value is -1.43. The zero-order valence-corrected chi connectivity index (χ0v) is 11.7. The Kier molecular flexibility index (Phi) is 4.90. The molecule has 1 atom stereocenters. The van der Waals surface area contributed by atoms with Gasteiger partial charge >= 0.3 is 0 Å². The standard InChI is InChI=1S/C14H18N2O2S/c1-18-7-2-3-12(15)14(17)16-11-4-5-13-10(9-11)6-8-19-13/h4-6,8-9,12H,2-3,7,15H2,1H3,(H,16,17). The minimum absolute atomic E-state index is 0.148. The highest BCUT2D eigenvalue weighted by Gasteiger charge is 2.13. The average Bonchev–Trinajstić information content (AvgIpc) is 2.86. The van der Waals surface area contributed by atoms with Crippen molar-refractivity contribution in [1.29, 1.82) is 0 Å². The molecule has 2 aromatic rings. The minimum Gasteiger partial charge on any atom is -0.385 e. The van der Waals surface area contributed by atoms with Gasteiger partial charge in [-0.2, -0.15) is 0 Å². The van der Waals surface area contributed by atoms with E-state index < -0.39 is 6.04 Å². The van der Waals surface area contributed by atoms with Crippen molar-refractivity contribution in [2.75, 3.05) is 19.0 Å². The second-order valence-electron chi connectivity index (χ2n) is 4.40. The van der Waals surface area contributed by atoms with Gasteiger partial charge < -0.3 is 15.8 Å². The summed E-state index contributed by atoms with van der Waals surface area (Å²) in [5.41, 5.74) is 6.62. The maximum absolute atomic E-state index is 11.9. The number of methoxy groups -OCH3 is 1. The molecule has 1 unspecified atom stereocenters. The van der Waals surface area contributed by atoms with Gasteiger partial charge in [-0.3, -0.25) is 4.79 Å². The molecular formula is C14H18N2O2S. The van der Waals surface area contributed by atoms with Gasteiger partial charge in [0.1, 0.15) is 0 Å². The van der Waals surface area contributed by atoms with Crippen molar-refractivity contribution in [3.8, 4) is 0 Å². The zero-order valence-electron chi connectivity index (χ0n) is 10.9. The highest BCUT2D eigenvalue weighted by Crippen LogP contribution is 2.24. The van der Waals surface area contributed by atoms with Gasteiger partial charge in [0.15, 0.2) is 0 Å². The van der Waals surface area contributed by atoms with Crippen LogP contribution in [0.1, 0.15) is 12.8 Å². The van der Waals surface area contributed by atoms with E-state index in [1.54, 1.807) is 18.4 Å². The summed E-state index contributed by atoms with van der Waals surface area (Å²) in [5, 5.41) is 6.02. The van der Waals surface area contributed by atoms with E-state index in [0.717, 1.165) is 17.5 Å². The van der Waals surface area contributed by atoms with Gasteiger partial charge in [-0.25, -0.2) is 0 Å². The van der Waals surface area contributed by atoms with Gasteiger partial charge in [0, 0.05) is 24.1 Å². The largest absolute Gasteiger partial charge is 0.385 e. The number of ether oxygens (including phenoxy) is 1. The molecule has 0 bridgehead atoms. The number of carbonyl (C=O) groups excluding carboxylic acids is 1. The van der Waals surface area contributed by atoms with Crippen LogP contribution < -0.4 is 11.1 Å². The Morgan fingerprint density at radius 1 is 1.47 bits per heavy atom. The fourth-order valence-corrected chi connectivity index (χ4v) is 2.63. The summed E-state index contributed by atoms with van der Waals surface area (Å²) < 4.78 is 6.15. The van der Waals surface area contributed by atoms with Crippen LogP contribution in [0.3, 0.4) is 0 Å². The molecule has 5 heteroatoms. The first kappa shape index (κ1) is 14.0. The smallest absolute Gasteiger partial charge is 0.241 e. The first-order chi connectivity index (χ1) is 9.20. The lowest BCUT2D eigenvalue weighted by Gasteiger charge is -2.12. The number of nitrogens with two attached hydrogens (primary N) is 1. The molecular weight excluding hydrogens is 260 g/mol. The second-order valence-corrected chi connectivity index (χ2v) is 5.35. The van der Waals surface area contributed by atoms with Crippen molar-refractivity contribution in [3.63, 3.8) is 0 Å². The Labute approximate surface area is 116 Å². The van der Waals surface area contributed by atoms with E-state index in [9.17, 15) is 4.79 Å². The number of thiophene rings is 1. The fraction of sp³-hybridized carbons (Fsp3) is 0.357. The van der Waals surface area contributed by atoms with E-state index in [1.165, 1.54) is 4.70 Å². The van der Waals surface area contributed by atoms with Crippen molar-refractivity contribution >= 4 is 33.0 Å². The van der Waals surface area contributed by atoms with Crippen molar-refractivity contribution in [2.24, 2.45) is 5.73 Å². The Bertz CT molecular complexity index is 553. The summed E-state index contributed by atoms with van der Waals surface area (Å²) in [6, 6.07) is 7.41. The van der Waals surface area contributed by atoms with Crippen molar-refractivity contribution < 1.29 is 9.53 Å². The van der Waals surface area contributed by atoms with Gasteiger partial charge in [0.2, 0.25) is 5.91 Å². The Morgan fingerprint density at radius 3 is 3.11 bits per heavy atom. The molecule has 0 saturated heterocycles. The van der Waals surface area contributed by atoms with Crippen LogP contribution in [0.25, 0.3) is 10.1 Å². The van der Waals surface area contributed by atoms with Crippen molar-refractivity contribution in [2.45, 2.75) is 18.9 Å². The number of anilines is 1. The summed E-state index contributed by atoms with van der Waals surface area (Å²) in [4.78, 5) is 11.9. The summed E-state index contributed by atoms with van der Waals surface area (Å²) >= 11 is 1.68. The number of amides is 1. The Balaban J connectivity index is 1.93. The van der Waals surface area contributed by atoms with E-state index in [0.29, 0.717) is 13.0 Å². The number of carbonyl (C=O) groups is 1. The number of rotatable bonds is 6. The van der Waals surface area contributed by atoms with E-state index in [-0.39, 0.29) is 5.91 Å². The lowest BCUT2D eigenvalue weighted by atomic mass is 10.1. The SMILES string of the molecule is COCCCC(N)C(=O)Nc1ccc2sccc2c1. The molecule has 0 aliphatic heterocycles. The molecule has 3 N–H and O–H groups in total. The van der Waals surface area contributed by atoms with Crippen LogP contribution in [0.2, 0.25) is 0 Å².